The Labute approximate surface area is 133 Å². The van der Waals surface area contributed by atoms with E-state index in [2.05, 4.69) is 10.2 Å². The first-order valence-electron chi connectivity index (χ1n) is 7.44. The highest BCUT2D eigenvalue weighted by atomic mass is 32.2. The third-order valence-electron chi connectivity index (χ3n) is 3.98. The smallest absolute Gasteiger partial charge is 0.277 e. The first-order chi connectivity index (χ1) is 10.5. The molecule has 1 aliphatic heterocycles. The molecule has 2 heterocycles. The molecule has 2 fully saturated rings. The van der Waals surface area contributed by atoms with Crippen LogP contribution in [0.3, 0.4) is 0 Å². The quantitative estimate of drug-likeness (QED) is 0.712. The number of rotatable bonds is 6. The van der Waals surface area contributed by atoms with Crippen LogP contribution in [0.15, 0.2) is 9.64 Å². The molecule has 0 N–H and O–H groups in total. The Morgan fingerprint density at radius 1 is 1.36 bits per heavy atom. The van der Waals surface area contributed by atoms with Crippen molar-refractivity contribution in [1.82, 2.24) is 15.1 Å². The van der Waals surface area contributed by atoms with E-state index in [0.717, 1.165) is 12.8 Å². The summed E-state index contributed by atoms with van der Waals surface area (Å²) in [6, 6.07) is -0.201. The van der Waals surface area contributed by atoms with Crippen molar-refractivity contribution in [2.24, 2.45) is 0 Å². The lowest BCUT2D eigenvalue weighted by molar-refractivity contribution is -0.129. The van der Waals surface area contributed by atoms with E-state index in [4.69, 9.17) is 4.42 Å². The third-order valence-corrected chi connectivity index (χ3v) is 6.53. The SMILES string of the molecule is CCN(C(=O)CSc1nnc(C2CC2)o1)[C@@H]1CCS(=O)(=O)C1. The Kier molecular flexibility index (Phi) is 4.44. The van der Waals surface area contributed by atoms with Crippen LogP contribution < -0.4 is 0 Å². The standard InChI is InChI=1S/C13H19N3O4S2/c1-2-16(10-5-6-22(18,19)8-10)11(17)7-21-13-15-14-12(20-13)9-3-4-9/h9-10H,2-8H2,1H3/t10-/m1/s1. The van der Waals surface area contributed by atoms with Gasteiger partial charge in [0, 0.05) is 18.5 Å². The zero-order valence-corrected chi connectivity index (χ0v) is 14.0. The number of nitrogens with zero attached hydrogens (tertiary/aromatic N) is 3. The number of thioether (sulfide) groups is 1. The van der Waals surface area contributed by atoms with Crippen LogP contribution in [-0.2, 0) is 14.6 Å². The highest BCUT2D eigenvalue weighted by Gasteiger charge is 2.34. The summed E-state index contributed by atoms with van der Waals surface area (Å²) in [6.07, 6.45) is 2.70. The molecule has 1 aromatic rings. The van der Waals surface area contributed by atoms with Gasteiger partial charge < -0.3 is 9.32 Å². The summed E-state index contributed by atoms with van der Waals surface area (Å²) in [5.74, 6) is 1.40. The minimum absolute atomic E-state index is 0.0730. The van der Waals surface area contributed by atoms with Crippen molar-refractivity contribution in [2.45, 2.75) is 43.4 Å². The average molecular weight is 345 g/mol. The van der Waals surface area contributed by atoms with E-state index in [0.29, 0.717) is 30.0 Å². The maximum Gasteiger partial charge on any atom is 0.277 e. The van der Waals surface area contributed by atoms with Crippen molar-refractivity contribution >= 4 is 27.5 Å². The van der Waals surface area contributed by atoms with E-state index in [1.807, 2.05) is 6.92 Å². The van der Waals surface area contributed by atoms with Crippen LogP contribution in [0.1, 0.15) is 38.0 Å². The van der Waals surface area contributed by atoms with E-state index < -0.39 is 9.84 Å². The maximum absolute atomic E-state index is 12.3. The summed E-state index contributed by atoms with van der Waals surface area (Å²) in [7, 11) is -2.99. The number of hydrogen-bond donors (Lipinski definition) is 0. The fourth-order valence-corrected chi connectivity index (χ4v) is 5.03. The largest absolute Gasteiger partial charge is 0.416 e. The summed E-state index contributed by atoms with van der Waals surface area (Å²) >= 11 is 1.22. The van der Waals surface area contributed by atoms with E-state index in [1.165, 1.54) is 11.8 Å². The second kappa shape index (κ2) is 6.19. The van der Waals surface area contributed by atoms with Gasteiger partial charge in [-0.1, -0.05) is 11.8 Å². The Bertz CT molecular complexity index is 654. The Hall–Kier alpha value is -1.09. The summed E-state index contributed by atoms with van der Waals surface area (Å²) in [4.78, 5) is 14.0. The van der Waals surface area contributed by atoms with Crippen molar-refractivity contribution in [1.29, 1.82) is 0 Å². The van der Waals surface area contributed by atoms with Crippen LogP contribution in [0.2, 0.25) is 0 Å². The fraction of sp³-hybridized carbons (Fsp3) is 0.769. The number of sulfone groups is 1. The molecule has 1 saturated heterocycles. The van der Waals surface area contributed by atoms with E-state index in [9.17, 15) is 13.2 Å². The lowest BCUT2D eigenvalue weighted by Crippen LogP contribution is -2.41. The molecule has 1 atom stereocenters. The number of carbonyl (C=O) groups excluding carboxylic acids is 1. The second-order valence-electron chi connectivity index (χ2n) is 5.71. The van der Waals surface area contributed by atoms with Gasteiger partial charge in [0.2, 0.25) is 11.8 Å². The molecule has 122 valence electrons. The van der Waals surface area contributed by atoms with Crippen molar-refractivity contribution in [2.75, 3.05) is 23.8 Å². The predicted molar refractivity (Wildman–Crippen MR) is 81.4 cm³/mol. The summed E-state index contributed by atoms with van der Waals surface area (Å²) in [5, 5.41) is 8.32. The average Bonchev–Trinajstić information content (AvgIpc) is 3.11. The van der Waals surface area contributed by atoms with Crippen LogP contribution in [0.25, 0.3) is 0 Å². The first-order valence-corrected chi connectivity index (χ1v) is 10.3. The van der Waals surface area contributed by atoms with Crippen molar-refractivity contribution in [3.63, 3.8) is 0 Å². The van der Waals surface area contributed by atoms with Gasteiger partial charge in [0.05, 0.1) is 17.3 Å². The predicted octanol–water partition coefficient (Wildman–Crippen LogP) is 1.07. The molecule has 1 aliphatic carbocycles. The molecule has 0 spiro atoms. The molecule has 0 aromatic carbocycles. The van der Waals surface area contributed by atoms with Crippen LogP contribution >= 0.6 is 11.8 Å². The molecular formula is C13H19N3O4S2. The summed E-state index contributed by atoms with van der Waals surface area (Å²) in [5.41, 5.74) is 0. The van der Waals surface area contributed by atoms with Crippen molar-refractivity contribution in [3.8, 4) is 0 Å². The molecule has 1 aromatic heterocycles. The fourth-order valence-electron chi connectivity index (χ4n) is 2.64. The topological polar surface area (TPSA) is 93.4 Å². The van der Waals surface area contributed by atoms with Gasteiger partial charge in [-0.3, -0.25) is 4.79 Å². The highest BCUT2D eigenvalue weighted by Crippen LogP contribution is 2.39. The van der Waals surface area contributed by atoms with Gasteiger partial charge in [-0.05, 0) is 26.2 Å². The lowest BCUT2D eigenvalue weighted by atomic mass is 10.2. The molecule has 3 rings (SSSR count). The zero-order valence-electron chi connectivity index (χ0n) is 12.4. The van der Waals surface area contributed by atoms with Crippen molar-refractivity contribution in [3.05, 3.63) is 5.89 Å². The molecule has 1 saturated carbocycles. The van der Waals surface area contributed by atoms with Gasteiger partial charge in [-0.25, -0.2) is 8.42 Å². The molecule has 22 heavy (non-hydrogen) atoms. The highest BCUT2D eigenvalue weighted by molar-refractivity contribution is 7.99. The minimum Gasteiger partial charge on any atom is -0.416 e. The van der Waals surface area contributed by atoms with E-state index in [-0.39, 0.29) is 29.2 Å². The number of aromatic nitrogens is 2. The molecule has 1 amide bonds. The Morgan fingerprint density at radius 3 is 2.73 bits per heavy atom. The lowest BCUT2D eigenvalue weighted by Gasteiger charge is -2.26. The molecule has 0 radical (unpaired) electrons. The molecule has 9 heteroatoms. The van der Waals surface area contributed by atoms with E-state index in [1.54, 1.807) is 4.90 Å². The zero-order chi connectivity index (χ0) is 15.7. The Balaban J connectivity index is 1.55. The van der Waals surface area contributed by atoms with Gasteiger partial charge in [0.15, 0.2) is 9.84 Å². The normalized spacial score (nSPS) is 23.6. The van der Waals surface area contributed by atoms with Gasteiger partial charge >= 0.3 is 0 Å². The number of hydrogen-bond acceptors (Lipinski definition) is 7. The van der Waals surface area contributed by atoms with E-state index >= 15 is 0 Å². The van der Waals surface area contributed by atoms with Crippen LogP contribution in [0, 0.1) is 0 Å². The number of carbonyl (C=O) groups is 1. The first kappa shape index (κ1) is 15.8. The van der Waals surface area contributed by atoms with Gasteiger partial charge in [0.1, 0.15) is 0 Å². The molecule has 0 bridgehead atoms. The van der Waals surface area contributed by atoms with Gasteiger partial charge in [0.25, 0.3) is 5.22 Å². The summed E-state index contributed by atoms with van der Waals surface area (Å²) in [6.45, 7) is 2.38. The maximum atomic E-state index is 12.3. The molecule has 7 nitrogen and oxygen atoms in total. The van der Waals surface area contributed by atoms with Crippen molar-refractivity contribution < 1.29 is 17.6 Å². The summed E-state index contributed by atoms with van der Waals surface area (Å²) < 4.78 is 28.6. The second-order valence-corrected chi connectivity index (χ2v) is 8.86. The van der Waals surface area contributed by atoms with Crippen LogP contribution in [0.4, 0.5) is 0 Å². The molecular weight excluding hydrogens is 326 g/mol. The van der Waals surface area contributed by atoms with Gasteiger partial charge in [-0.2, -0.15) is 0 Å². The van der Waals surface area contributed by atoms with Crippen LogP contribution in [-0.4, -0.2) is 59.3 Å². The van der Waals surface area contributed by atoms with Gasteiger partial charge in [-0.15, -0.1) is 10.2 Å². The monoisotopic (exact) mass is 345 g/mol. The molecule has 0 unspecified atom stereocenters. The third kappa shape index (κ3) is 3.62. The Morgan fingerprint density at radius 2 is 2.14 bits per heavy atom. The van der Waals surface area contributed by atoms with Crippen LogP contribution in [0.5, 0.6) is 0 Å². The molecule has 2 aliphatic rings. The number of amides is 1. The minimum atomic E-state index is -2.99.